The second-order valence-corrected chi connectivity index (χ2v) is 4.50. The van der Waals surface area contributed by atoms with Gasteiger partial charge in [0.1, 0.15) is 0 Å². The zero-order valence-corrected chi connectivity index (χ0v) is 11.0. The van der Waals surface area contributed by atoms with E-state index >= 15 is 0 Å². The number of hydrogen-bond acceptors (Lipinski definition) is 4. The molecule has 2 rings (SSSR count). The minimum absolute atomic E-state index is 0.242. The summed E-state index contributed by atoms with van der Waals surface area (Å²) in [6.45, 7) is 4.45. The molecule has 0 unspecified atom stereocenters. The Morgan fingerprint density at radius 3 is 2.63 bits per heavy atom. The predicted octanol–water partition coefficient (Wildman–Crippen LogP) is 1.93. The Kier molecular flexibility index (Phi) is 4.18. The first-order valence-electron chi connectivity index (χ1n) is 6.18. The molecule has 5 heteroatoms. The van der Waals surface area contributed by atoms with Gasteiger partial charge in [-0.2, -0.15) is 5.10 Å². The standard InChI is InChI=1S/C14H16N4O/c1-10(2)12-6-7-13(18-17-12)14(19)16-9-11-5-3-4-8-15-11/h3-8,10H,9H2,1-2H3,(H,16,19). The van der Waals surface area contributed by atoms with Crippen molar-refractivity contribution < 1.29 is 4.79 Å². The number of pyridine rings is 1. The van der Waals surface area contributed by atoms with Crippen LogP contribution in [0.4, 0.5) is 0 Å². The van der Waals surface area contributed by atoms with Gasteiger partial charge in [0.25, 0.3) is 5.91 Å². The maximum absolute atomic E-state index is 11.9. The third-order valence-electron chi connectivity index (χ3n) is 2.67. The van der Waals surface area contributed by atoms with E-state index in [0.717, 1.165) is 11.4 Å². The fraction of sp³-hybridized carbons (Fsp3) is 0.286. The molecule has 0 saturated carbocycles. The van der Waals surface area contributed by atoms with E-state index in [4.69, 9.17) is 0 Å². The molecule has 0 aliphatic rings. The van der Waals surface area contributed by atoms with Crippen LogP contribution in [-0.4, -0.2) is 21.1 Å². The molecule has 1 N–H and O–H groups in total. The van der Waals surface area contributed by atoms with Crippen molar-refractivity contribution in [3.05, 3.63) is 53.6 Å². The third kappa shape index (κ3) is 3.58. The average Bonchev–Trinajstić information content (AvgIpc) is 2.46. The molecule has 0 aliphatic carbocycles. The van der Waals surface area contributed by atoms with E-state index in [-0.39, 0.29) is 5.91 Å². The Labute approximate surface area is 112 Å². The first-order chi connectivity index (χ1) is 9.16. The summed E-state index contributed by atoms with van der Waals surface area (Å²) in [6, 6.07) is 9.09. The van der Waals surface area contributed by atoms with E-state index in [0.29, 0.717) is 18.2 Å². The lowest BCUT2D eigenvalue weighted by Gasteiger charge is -2.05. The zero-order valence-electron chi connectivity index (χ0n) is 11.0. The molecule has 2 aromatic heterocycles. The van der Waals surface area contributed by atoms with Gasteiger partial charge in [-0.1, -0.05) is 19.9 Å². The second kappa shape index (κ2) is 6.04. The average molecular weight is 256 g/mol. The number of carbonyl (C=O) groups is 1. The van der Waals surface area contributed by atoms with Gasteiger partial charge in [0.15, 0.2) is 5.69 Å². The van der Waals surface area contributed by atoms with Crippen molar-refractivity contribution in [2.45, 2.75) is 26.3 Å². The molecule has 0 radical (unpaired) electrons. The van der Waals surface area contributed by atoms with Gasteiger partial charge >= 0.3 is 0 Å². The quantitative estimate of drug-likeness (QED) is 0.907. The maximum Gasteiger partial charge on any atom is 0.272 e. The molecular formula is C14H16N4O. The summed E-state index contributed by atoms with van der Waals surface area (Å²) in [5.74, 6) is 0.0617. The lowest BCUT2D eigenvalue weighted by Crippen LogP contribution is -2.24. The van der Waals surface area contributed by atoms with Crippen molar-refractivity contribution in [1.29, 1.82) is 0 Å². The van der Waals surface area contributed by atoms with Gasteiger partial charge in [-0.25, -0.2) is 0 Å². The summed E-state index contributed by atoms with van der Waals surface area (Å²) >= 11 is 0. The molecule has 0 spiro atoms. The predicted molar refractivity (Wildman–Crippen MR) is 71.5 cm³/mol. The molecule has 0 aliphatic heterocycles. The van der Waals surface area contributed by atoms with Crippen molar-refractivity contribution in [2.24, 2.45) is 0 Å². The minimum atomic E-state index is -0.242. The number of amides is 1. The summed E-state index contributed by atoms with van der Waals surface area (Å²) in [6.07, 6.45) is 1.69. The van der Waals surface area contributed by atoms with E-state index in [1.54, 1.807) is 12.3 Å². The van der Waals surface area contributed by atoms with Crippen molar-refractivity contribution in [3.63, 3.8) is 0 Å². The Balaban J connectivity index is 1.96. The van der Waals surface area contributed by atoms with Crippen LogP contribution < -0.4 is 5.32 Å². The lowest BCUT2D eigenvalue weighted by atomic mass is 10.1. The summed E-state index contributed by atoms with van der Waals surface area (Å²) in [5, 5.41) is 10.7. The third-order valence-corrected chi connectivity index (χ3v) is 2.67. The molecule has 0 atom stereocenters. The van der Waals surface area contributed by atoms with Gasteiger partial charge in [-0.15, -0.1) is 5.10 Å². The highest BCUT2D eigenvalue weighted by Gasteiger charge is 2.09. The van der Waals surface area contributed by atoms with Crippen molar-refractivity contribution in [2.75, 3.05) is 0 Å². The minimum Gasteiger partial charge on any atom is -0.345 e. The van der Waals surface area contributed by atoms with Crippen molar-refractivity contribution in [1.82, 2.24) is 20.5 Å². The highest BCUT2D eigenvalue weighted by atomic mass is 16.1. The SMILES string of the molecule is CC(C)c1ccc(C(=O)NCc2ccccn2)nn1. The van der Waals surface area contributed by atoms with Crippen LogP contribution in [0.25, 0.3) is 0 Å². The van der Waals surface area contributed by atoms with Gasteiger partial charge in [0, 0.05) is 6.20 Å². The van der Waals surface area contributed by atoms with Crippen LogP contribution in [0.1, 0.15) is 41.6 Å². The summed E-state index contributed by atoms with van der Waals surface area (Å²) in [4.78, 5) is 16.0. The van der Waals surface area contributed by atoms with Crippen LogP contribution in [0.2, 0.25) is 0 Å². The number of nitrogens with one attached hydrogen (secondary N) is 1. The van der Waals surface area contributed by atoms with Gasteiger partial charge in [-0.3, -0.25) is 9.78 Å². The Morgan fingerprint density at radius 2 is 2.05 bits per heavy atom. The zero-order chi connectivity index (χ0) is 13.7. The fourth-order valence-corrected chi connectivity index (χ4v) is 1.54. The van der Waals surface area contributed by atoms with Crippen LogP contribution in [0.15, 0.2) is 36.5 Å². The van der Waals surface area contributed by atoms with E-state index < -0.39 is 0 Å². The molecule has 0 fully saturated rings. The van der Waals surface area contributed by atoms with E-state index in [9.17, 15) is 4.79 Å². The van der Waals surface area contributed by atoms with Gasteiger partial charge in [-0.05, 0) is 30.2 Å². The van der Waals surface area contributed by atoms with Gasteiger partial charge in [0.2, 0.25) is 0 Å². The molecule has 19 heavy (non-hydrogen) atoms. The van der Waals surface area contributed by atoms with E-state index in [2.05, 4.69) is 20.5 Å². The van der Waals surface area contributed by atoms with Crippen LogP contribution >= 0.6 is 0 Å². The monoisotopic (exact) mass is 256 g/mol. The van der Waals surface area contributed by atoms with Crippen LogP contribution in [0.5, 0.6) is 0 Å². The summed E-state index contributed by atoms with van der Waals surface area (Å²) < 4.78 is 0. The van der Waals surface area contributed by atoms with Crippen molar-refractivity contribution in [3.8, 4) is 0 Å². The molecule has 0 saturated heterocycles. The first-order valence-corrected chi connectivity index (χ1v) is 6.18. The number of carbonyl (C=O) groups excluding carboxylic acids is 1. The Bertz CT molecular complexity index is 537. The number of hydrogen-bond donors (Lipinski definition) is 1. The number of aromatic nitrogens is 3. The van der Waals surface area contributed by atoms with Crippen molar-refractivity contribution >= 4 is 5.91 Å². The lowest BCUT2D eigenvalue weighted by molar-refractivity contribution is 0.0944. The van der Waals surface area contributed by atoms with Crippen LogP contribution in [0.3, 0.4) is 0 Å². The topological polar surface area (TPSA) is 67.8 Å². The highest BCUT2D eigenvalue weighted by Crippen LogP contribution is 2.09. The Morgan fingerprint density at radius 1 is 1.21 bits per heavy atom. The molecule has 98 valence electrons. The maximum atomic E-state index is 11.9. The Hall–Kier alpha value is -2.30. The largest absolute Gasteiger partial charge is 0.345 e. The summed E-state index contributed by atoms with van der Waals surface area (Å²) in [7, 11) is 0. The van der Waals surface area contributed by atoms with E-state index in [1.807, 2.05) is 38.1 Å². The first kappa shape index (κ1) is 13.1. The molecule has 5 nitrogen and oxygen atoms in total. The summed E-state index contributed by atoms with van der Waals surface area (Å²) in [5.41, 5.74) is 2.00. The van der Waals surface area contributed by atoms with Gasteiger partial charge in [0.05, 0.1) is 17.9 Å². The molecule has 2 aromatic rings. The highest BCUT2D eigenvalue weighted by molar-refractivity contribution is 5.91. The molecular weight excluding hydrogens is 240 g/mol. The smallest absolute Gasteiger partial charge is 0.272 e. The molecule has 0 bridgehead atoms. The molecule has 0 aromatic carbocycles. The van der Waals surface area contributed by atoms with Crippen LogP contribution in [0, 0.1) is 0 Å². The van der Waals surface area contributed by atoms with E-state index in [1.165, 1.54) is 0 Å². The number of nitrogens with zero attached hydrogens (tertiary/aromatic N) is 3. The van der Waals surface area contributed by atoms with Crippen LogP contribution in [-0.2, 0) is 6.54 Å². The number of rotatable bonds is 4. The second-order valence-electron chi connectivity index (χ2n) is 4.50. The normalized spacial score (nSPS) is 10.5. The fourth-order valence-electron chi connectivity index (χ4n) is 1.54. The molecule has 1 amide bonds. The molecule has 2 heterocycles. The van der Waals surface area contributed by atoms with Gasteiger partial charge < -0.3 is 5.32 Å².